The first-order chi connectivity index (χ1) is 10.1. The number of aliphatic hydroxyl groups is 1. The van der Waals surface area contributed by atoms with E-state index in [9.17, 15) is 5.11 Å². The summed E-state index contributed by atoms with van der Waals surface area (Å²) < 4.78 is 5.25. The van der Waals surface area contributed by atoms with Crippen molar-refractivity contribution in [3.8, 4) is 5.75 Å². The highest BCUT2D eigenvalue weighted by Crippen LogP contribution is 2.40. The van der Waals surface area contributed by atoms with Crippen LogP contribution in [0.1, 0.15) is 50.5 Å². The molecule has 2 rings (SSSR count). The summed E-state index contributed by atoms with van der Waals surface area (Å²) in [7, 11) is 3.81. The Hall–Kier alpha value is -1.06. The van der Waals surface area contributed by atoms with Crippen LogP contribution < -0.4 is 4.74 Å². The predicted molar refractivity (Wildman–Crippen MR) is 86.9 cm³/mol. The van der Waals surface area contributed by atoms with Crippen LogP contribution in [-0.4, -0.2) is 42.9 Å². The standard InChI is InChI=1S/C18H29NO2/c1-4-19(2)14-17(18(20)12-6-5-7-13-18)15-8-10-16(21-3)11-9-15/h8-11,17,20H,4-7,12-14H2,1-3H3. The average molecular weight is 291 g/mol. The van der Waals surface area contributed by atoms with E-state index in [1.54, 1.807) is 7.11 Å². The maximum Gasteiger partial charge on any atom is 0.118 e. The van der Waals surface area contributed by atoms with E-state index in [2.05, 4.69) is 31.0 Å². The third-order valence-corrected chi connectivity index (χ3v) is 4.92. The Morgan fingerprint density at radius 2 is 1.81 bits per heavy atom. The zero-order valence-electron chi connectivity index (χ0n) is 13.6. The van der Waals surface area contributed by atoms with Gasteiger partial charge in [0.15, 0.2) is 0 Å². The van der Waals surface area contributed by atoms with Gasteiger partial charge in [-0.25, -0.2) is 0 Å². The van der Waals surface area contributed by atoms with Gasteiger partial charge < -0.3 is 14.7 Å². The summed E-state index contributed by atoms with van der Waals surface area (Å²) in [5.41, 5.74) is 0.663. The van der Waals surface area contributed by atoms with Gasteiger partial charge in [0.05, 0.1) is 12.7 Å². The molecule has 1 N–H and O–H groups in total. The molecule has 0 heterocycles. The molecule has 0 radical (unpaired) electrons. The normalized spacial score (nSPS) is 19.5. The fraction of sp³-hybridized carbons (Fsp3) is 0.667. The van der Waals surface area contributed by atoms with Gasteiger partial charge in [0.25, 0.3) is 0 Å². The molecular weight excluding hydrogens is 262 g/mol. The molecule has 1 fully saturated rings. The molecule has 1 aliphatic carbocycles. The molecule has 118 valence electrons. The second kappa shape index (κ2) is 7.28. The second-order valence-corrected chi connectivity index (χ2v) is 6.34. The van der Waals surface area contributed by atoms with Crippen molar-refractivity contribution in [2.45, 2.75) is 50.5 Å². The topological polar surface area (TPSA) is 32.7 Å². The van der Waals surface area contributed by atoms with Crippen LogP contribution in [0.4, 0.5) is 0 Å². The lowest BCUT2D eigenvalue weighted by atomic mass is 9.72. The van der Waals surface area contributed by atoms with Gasteiger partial charge in [-0.15, -0.1) is 0 Å². The number of ether oxygens (including phenoxy) is 1. The Kier molecular flexibility index (Phi) is 5.65. The molecule has 1 atom stereocenters. The molecule has 3 nitrogen and oxygen atoms in total. The van der Waals surface area contributed by atoms with Crippen LogP contribution in [0.2, 0.25) is 0 Å². The van der Waals surface area contributed by atoms with E-state index >= 15 is 0 Å². The number of nitrogens with zero attached hydrogens (tertiary/aromatic N) is 1. The fourth-order valence-corrected chi connectivity index (χ4v) is 3.38. The molecule has 1 unspecified atom stereocenters. The molecule has 1 saturated carbocycles. The molecular formula is C18H29NO2. The molecule has 0 aromatic heterocycles. The molecule has 0 amide bonds. The Balaban J connectivity index is 2.25. The molecule has 0 aliphatic heterocycles. The summed E-state index contributed by atoms with van der Waals surface area (Å²) in [5, 5.41) is 11.2. The van der Waals surface area contributed by atoms with Crippen LogP contribution in [0.25, 0.3) is 0 Å². The molecule has 0 saturated heterocycles. The third-order valence-electron chi connectivity index (χ3n) is 4.92. The summed E-state index contributed by atoms with van der Waals surface area (Å²) in [4.78, 5) is 2.29. The van der Waals surface area contributed by atoms with Crippen molar-refractivity contribution in [1.82, 2.24) is 4.90 Å². The highest BCUT2D eigenvalue weighted by Gasteiger charge is 2.39. The smallest absolute Gasteiger partial charge is 0.118 e. The van der Waals surface area contributed by atoms with Gasteiger partial charge >= 0.3 is 0 Å². The first-order valence-corrected chi connectivity index (χ1v) is 8.14. The largest absolute Gasteiger partial charge is 0.497 e. The van der Waals surface area contributed by atoms with Crippen LogP contribution in [0.15, 0.2) is 24.3 Å². The van der Waals surface area contributed by atoms with Crippen molar-refractivity contribution in [1.29, 1.82) is 0 Å². The second-order valence-electron chi connectivity index (χ2n) is 6.34. The summed E-state index contributed by atoms with van der Waals surface area (Å²) in [6.45, 7) is 4.07. The monoisotopic (exact) mass is 291 g/mol. The van der Waals surface area contributed by atoms with E-state index in [1.165, 1.54) is 12.0 Å². The number of benzene rings is 1. The van der Waals surface area contributed by atoms with Crippen LogP contribution >= 0.6 is 0 Å². The van der Waals surface area contributed by atoms with Crippen molar-refractivity contribution in [2.75, 3.05) is 27.2 Å². The first kappa shape index (κ1) is 16.3. The number of hydrogen-bond donors (Lipinski definition) is 1. The number of methoxy groups -OCH3 is 1. The van der Waals surface area contributed by atoms with Crippen molar-refractivity contribution in [2.24, 2.45) is 0 Å². The van der Waals surface area contributed by atoms with Crippen molar-refractivity contribution >= 4 is 0 Å². The number of hydrogen-bond acceptors (Lipinski definition) is 3. The lowest BCUT2D eigenvalue weighted by Gasteiger charge is -2.41. The minimum Gasteiger partial charge on any atom is -0.497 e. The van der Waals surface area contributed by atoms with Gasteiger partial charge in [-0.1, -0.05) is 38.3 Å². The minimum atomic E-state index is -0.559. The summed E-state index contributed by atoms with van der Waals surface area (Å²) in [5.74, 6) is 1.05. The van der Waals surface area contributed by atoms with E-state index in [-0.39, 0.29) is 5.92 Å². The van der Waals surface area contributed by atoms with Gasteiger partial charge in [0.1, 0.15) is 5.75 Å². The van der Waals surface area contributed by atoms with Crippen LogP contribution in [0.3, 0.4) is 0 Å². The van der Waals surface area contributed by atoms with Crippen LogP contribution in [0.5, 0.6) is 5.75 Å². The molecule has 3 heteroatoms. The van der Waals surface area contributed by atoms with Gasteiger partial charge in [-0.05, 0) is 44.1 Å². The zero-order valence-corrected chi connectivity index (χ0v) is 13.6. The average Bonchev–Trinajstić information content (AvgIpc) is 2.53. The molecule has 1 aromatic carbocycles. The van der Waals surface area contributed by atoms with Crippen molar-refractivity contribution in [3.05, 3.63) is 29.8 Å². The van der Waals surface area contributed by atoms with Gasteiger partial charge in [0, 0.05) is 12.5 Å². The summed E-state index contributed by atoms with van der Waals surface area (Å²) in [6.07, 6.45) is 5.36. The van der Waals surface area contributed by atoms with E-state index < -0.39 is 5.60 Å². The Labute approximate surface area is 128 Å². The third kappa shape index (κ3) is 3.98. The van der Waals surface area contributed by atoms with Crippen LogP contribution in [-0.2, 0) is 0 Å². The Bertz CT molecular complexity index is 423. The predicted octanol–water partition coefficient (Wildman–Crippen LogP) is 3.43. The van der Waals surface area contributed by atoms with Gasteiger partial charge in [-0.3, -0.25) is 0 Å². The highest BCUT2D eigenvalue weighted by atomic mass is 16.5. The lowest BCUT2D eigenvalue weighted by molar-refractivity contribution is -0.0289. The maximum atomic E-state index is 11.2. The SMILES string of the molecule is CCN(C)CC(c1ccc(OC)cc1)C1(O)CCCCC1. The molecule has 0 spiro atoms. The Morgan fingerprint density at radius 1 is 1.19 bits per heavy atom. The first-order valence-electron chi connectivity index (χ1n) is 8.14. The van der Waals surface area contributed by atoms with Crippen molar-refractivity contribution < 1.29 is 9.84 Å². The Morgan fingerprint density at radius 3 is 2.33 bits per heavy atom. The molecule has 0 bridgehead atoms. The minimum absolute atomic E-state index is 0.175. The summed E-state index contributed by atoms with van der Waals surface area (Å²) in [6, 6.07) is 8.22. The molecule has 1 aliphatic rings. The highest BCUT2D eigenvalue weighted by molar-refractivity contribution is 5.31. The van der Waals surface area contributed by atoms with E-state index in [1.807, 2.05) is 12.1 Å². The van der Waals surface area contributed by atoms with Gasteiger partial charge in [-0.2, -0.15) is 0 Å². The number of likely N-dealkylation sites (N-methyl/N-ethyl adjacent to an activating group) is 1. The van der Waals surface area contributed by atoms with E-state index in [0.29, 0.717) is 0 Å². The van der Waals surface area contributed by atoms with E-state index in [0.717, 1.165) is 44.5 Å². The molecule has 1 aromatic rings. The maximum absolute atomic E-state index is 11.2. The quantitative estimate of drug-likeness (QED) is 0.871. The van der Waals surface area contributed by atoms with Gasteiger partial charge in [0.2, 0.25) is 0 Å². The van der Waals surface area contributed by atoms with Crippen LogP contribution in [0, 0.1) is 0 Å². The fourth-order valence-electron chi connectivity index (χ4n) is 3.38. The summed E-state index contributed by atoms with van der Waals surface area (Å²) >= 11 is 0. The number of rotatable bonds is 6. The van der Waals surface area contributed by atoms with E-state index in [4.69, 9.17) is 4.74 Å². The lowest BCUT2D eigenvalue weighted by Crippen LogP contribution is -2.43. The van der Waals surface area contributed by atoms with Crippen molar-refractivity contribution in [3.63, 3.8) is 0 Å². The molecule has 21 heavy (non-hydrogen) atoms. The zero-order chi connectivity index (χ0) is 15.3.